The number of nitriles is 2. The predicted molar refractivity (Wildman–Crippen MR) is 108 cm³/mol. The van der Waals surface area contributed by atoms with Gasteiger partial charge in [0.25, 0.3) is 5.56 Å². The Labute approximate surface area is 171 Å². The molecule has 7 atom stereocenters. The zero-order valence-corrected chi connectivity index (χ0v) is 17.3. The summed E-state index contributed by atoms with van der Waals surface area (Å²) in [7, 11) is 0. The molecule has 0 radical (unpaired) electrons. The second-order valence-corrected chi connectivity index (χ2v) is 10.6. The Balaban J connectivity index is 1.57. The van der Waals surface area contributed by atoms with Crippen molar-refractivity contribution in [1.82, 2.24) is 4.98 Å². The Morgan fingerprint density at radius 3 is 2.45 bits per heavy atom. The number of fused-ring (bicyclic) bond motifs is 6. The molecule has 152 valence electrons. The van der Waals surface area contributed by atoms with Crippen molar-refractivity contribution >= 4 is 0 Å². The van der Waals surface area contributed by atoms with Crippen molar-refractivity contribution in [2.75, 3.05) is 0 Å². The highest BCUT2D eigenvalue weighted by atomic mass is 16.3. The number of aliphatic hydroxyl groups excluding tert-OH is 1. The zero-order chi connectivity index (χ0) is 20.6. The van der Waals surface area contributed by atoms with Crippen molar-refractivity contribution < 1.29 is 5.11 Å². The summed E-state index contributed by atoms with van der Waals surface area (Å²) in [6.45, 7) is 4.69. The largest absolute Gasteiger partial charge is 0.393 e. The first-order valence-corrected chi connectivity index (χ1v) is 11.1. The van der Waals surface area contributed by atoms with Gasteiger partial charge >= 0.3 is 0 Å². The van der Waals surface area contributed by atoms with Gasteiger partial charge < -0.3 is 10.1 Å². The van der Waals surface area contributed by atoms with E-state index in [4.69, 9.17) is 0 Å². The molecule has 4 aliphatic carbocycles. The Morgan fingerprint density at radius 2 is 1.72 bits per heavy atom. The van der Waals surface area contributed by atoms with Gasteiger partial charge in [0.05, 0.1) is 11.7 Å². The van der Waals surface area contributed by atoms with Crippen LogP contribution in [0, 0.1) is 57.2 Å². The quantitative estimate of drug-likeness (QED) is 0.707. The molecule has 1 heterocycles. The van der Waals surface area contributed by atoms with Crippen LogP contribution in [0.2, 0.25) is 0 Å². The second kappa shape index (κ2) is 6.19. The Hall–Kier alpha value is -2.11. The lowest BCUT2D eigenvalue weighted by atomic mass is 9.45. The number of nitrogens with zero attached hydrogens (tertiary/aromatic N) is 2. The Bertz CT molecular complexity index is 1010. The van der Waals surface area contributed by atoms with Crippen LogP contribution >= 0.6 is 0 Å². The third kappa shape index (κ3) is 2.37. The predicted octanol–water partition coefficient (Wildman–Crippen LogP) is 3.44. The van der Waals surface area contributed by atoms with Gasteiger partial charge in [0.15, 0.2) is 0 Å². The number of aliphatic hydroxyl groups is 1. The number of aromatic nitrogens is 1. The fraction of sp³-hybridized carbons (Fsp3) is 0.708. The van der Waals surface area contributed by atoms with Gasteiger partial charge in [-0.05, 0) is 91.4 Å². The van der Waals surface area contributed by atoms with Gasteiger partial charge in [0, 0.05) is 5.69 Å². The fourth-order valence-corrected chi connectivity index (χ4v) is 8.04. The smallest absolute Gasteiger partial charge is 0.267 e. The highest BCUT2D eigenvalue weighted by Gasteiger charge is 2.60. The number of H-pyrrole nitrogens is 1. The van der Waals surface area contributed by atoms with E-state index >= 15 is 0 Å². The minimum atomic E-state index is -0.423. The van der Waals surface area contributed by atoms with E-state index in [1.807, 2.05) is 6.07 Å². The van der Waals surface area contributed by atoms with Crippen molar-refractivity contribution in [3.63, 3.8) is 0 Å². The average molecular weight is 392 g/mol. The first-order chi connectivity index (χ1) is 13.8. The van der Waals surface area contributed by atoms with Crippen molar-refractivity contribution in [3.05, 3.63) is 32.7 Å². The van der Waals surface area contributed by atoms with E-state index in [9.17, 15) is 20.4 Å². The summed E-state index contributed by atoms with van der Waals surface area (Å²) in [6.07, 6.45) is 8.03. The minimum absolute atomic E-state index is 0.0317. The summed E-state index contributed by atoms with van der Waals surface area (Å²) < 4.78 is 0. The number of rotatable bonds is 0. The maximum Gasteiger partial charge on any atom is 0.267 e. The van der Waals surface area contributed by atoms with Gasteiger partial charge in [-0.2, -0.15) is 10.5 Å². The molecule has 5 heteroatoms. The van der Waals surface area contributed by atoms with Gasteiger partial charge in [-0.25, -0.2) is 0 Å². The number of aromatic amines is 1. The molecule has 5 rings (SSSR count). The zero-order valence-electron chi connectivity index (χ0n) is 17.3. The van der Waals surface area contributed by atoms with Gasteiger partial charge in [-0.3, -0.25) is 4.79 Å². The maximum absolute atomic E-state index is 12.3. The summed E-state index contributed by atoms with van der Waals surface area (Å²) in [5.41, 5.74) is 1.77. The molecule has 5 nitrogen and oxygen atoms in total. The average Bonchev–Trinajstić information content (AvgIpc) is 3.00. The van der Waals surface area contributed by atoms with Gasteiger partial charge in [-0.15, -0.1) is 0 Å². The Kier molecular flexibility index (Phi) is 4.03. The number of hydrogen-bond acceptors (Lipinski definition) is 4. The highest BCUT2D eigenvalue weighted by Crippen LogP contribution is 2.65. The SMILES string of the molecule is C[C@]12Cc3c([nH]c(=O)c(C#N)c3C#N)C[C@H]1CC[C@H]1[C@H]2CC[C@@]2(C)[C@@H]1CC[C@@H]2O. The molecule has 0 aliphatic heterocycles. The monoisotopic (exact) mass is 391 g/mol. The van der Waals surface area contributed by atoms with Crippen molar-refractivity contribution in [1.29, 1.82) is 10.5 Å². The third-order valence-electron chi connectivity index (χ3n) is 9.65. The molecule has 29 heavy (non-hydrogen) atoms. The van der Waals surface area contributed by atoms with Crippen molar-refractivity contribution in [3.8, 4) is 12.1 Å². The summed E-state index contributed by atoms with van der Waals surface area (Å²) in [6, 6.07) is 4.13. The van der Waals surface area contributed by atoms with Crippen LogP contribution in [0.1, 0.15) is 74.8 Å². The number of nitrogens with one attached hydrogen (secondary N) is 1. The molecule has 3 fully saturated rings. The lowest BCUT2D eigenvalue weighted by molar-refractivity contribution is -0.111. The van der Waals surface area contributed by atoms with E-state index in [2.05, 4.69) is 24.9 Å². The number of pyridine rings is 1. The molecule has 0 amide bonds. The molecule has 0 spiro atoms. The lowest BCUT2D eigenvalue weighted by Crippen LogP contribution is -2.55. The van der Waals surface area contributed by atoms with Gasteiger partial charge in [-0.1, -0.05) is 13.8 Å². The fourth-order valence-electron chi connectivity index (χ4n) is 8.04. The van der Waals surface area contributed by atoms with E-state index < -0.39 is 5.56 Å². The van der Waals surface area contributed by atoms with E-state index in [-0.39, 0.29) is 22.5 Å². The van der Waals surface area contributed by atoms with Crippen LogP contribution in [0.3, 0.4) is 0 Å². The summed E-state index contributed by atoms with van der Waals surface area (Å²) in [4.78, 5) is 15.2. The summed E-state index contributed by atoms with van der Waals surface area (Å²) >= 11 is 0. The molecule has 4 aliphatic rings. The molecule has 2 N–H and O–H groups in total. The third-order valence-corrected chi connectivity index (χ3v) is 9.65. The van der Waals surface area contributed by atoms with Crippen LogP contribution in [0.25, 0.3) is 0 Å². The van der Waals surface area contributed by atoms with Crippen molar-refractivity contribution in [2.24, 2.45) is 34.5 Å². The normalized spacial score (nSPS) is 42.6. The minimum Gasteiger partial charge on any atom is -0.393 e. The molecule has 0 unspecified atom stereocenters. The first kappa shape index (κ1) is 18.9. The maximum atomic E-state index is 12.3. The topological polar surface area (TPSA) is 101 Å². The Morgan fingerprint density at radius 1 is 1.00 bits per heavy atom. The van der Waals surface area contributed by atoms with E-state index in [1.165, 1.54) is 6.42 Å². The molecular formula is C24H29N3O2. The van der Waals surface area contributed by atoms with E-state index in [1.54, 1.807) is 0 Å². The van der Waals surface area contributed by atoms with E-state index in [0.717, 1.165) is 56.2 Å². The lowest BCUT2D eigenvalue weighted by Gasteiger charge is -2.60. The molecule has 1 aromatic heterocycles. The van der Waals surface area contributed by atoms with Gasteiger partial charge in [0.1, 0.15) is 17.7 Å². The molecule has 0 aromatic carbocycles. The van der Waals surface area contributed by atoms with Crippen LogP contribution in [-0.2, 0) is 12.8 Å². The molecular weight excluding hydrogens is 362 g/mol. The van der Waals surface area contributed by atoms with Gasteiger partial charge in [0.2, 0.25) is 0 Å². The summed E-state index contributed by atoms with van der Waals surface area (Å²) in [5, 5.41) is 29.8. The molecule has 3 saturated carbocycles. The number of hydrogen-bond donors (Lipinski definition) is 2. The molecule has 0 saturated heterocycles. The second-order valence-electron chi connectivity index (χ2n) is 10.6. The first-order valence-electron chi connectivity index (χ1n) is 11.1. The van der Waals surface area contributed by atoms with Crippen LogP contribution < -0.4 is 5.56 Å². The summed E-state index contributed by atoms with van der Waals surface area (Å²) in [5.74, 6) is 2.32. The van der Waals surface area contributed by atoms with Crippen LogP contribution in [0.4, 0.5) is 0 Å². The molecule has 1 aromatic rings. The standard InChI is InChI=1S/C24H29N3O2/c1-23-8-7-19-14(18(23)5-6-21(23)28)4-3-13-9-20-15(10-24(13,19)2)16(11-25)17(12-26)22(29)27-20/h13-14,18-19,21,28H,3-10H2,1-2H3,(H,27,29)/t13-,14-,18-,19-,21+,23+,24+/m1/s1. The van der Waals surface area contributed by atoms with Crippen LogP contribution in [0.5, 0.6) is 0 Å². The van der Waals surface area contributed by atoms with Crippen molar-refractivity contribution in [2.45, 2.75) is 71.3 Å². The highest BCUT2D eigenvalue weighted by molar-refractivity contribution is 5.52. The van der Waals surface area contributed by atoms with E-state index in [0.29, 0.717) is 29.2 Å². The molecule has 0 bridgehead atoms. The van der Waals surface area contributed by atoms with Crippen LogP contribution in [0.15, 0.2) is 4.79 Å². The van der Waals surface area contributed by atoms with Crippen LogP contribution in [-0.4, -0.2) is 16.2 Å².